The molecule has 1 aromatic rings. The number of aliphatic hydroxyl groups excluding tert-OH is 1. The maximum Gasteiger partial charge on any atom is 0.346 e. The van der Waals surface area contributed by atoms with E-state index >= 15 is 0 Å². The highest BCUT2D eigenvalue weighted by Crippen LogP contribution is 2.48. The van der Waals surface area contributed by atoms with Crippen LogP contribution in [0.5, 0.6) is 5.75 Å². The maximum atomic E-state index is 13.4. The lowest BCUT2D eigenvalue weighted by Gasteiger charge is -2.35. The van der Waals surface area contributed by atoms with Gasteiger partial charge in [-0.2, -0.15) is 4.76 Å². The molecule has 0 fully saturated rings. The Bertz CT molecular complexity index is 1090. The van der Waals surface area contributed by atoms with Gasteiger partial charge in [0.2, 0.25) is 0 Å². The average Bonchev–Trinajstić information content (AvgIpc) is 2.94. The number of hydrogen-bond acceptors (Lipinski definition) is 6. The molecule has 33 heavy (non-hydrogen) atoms. The quantitative estimate of drug-likeness (QED) is 0.438. The van der Waals surface area contributed by atoms with Crippen molar-refractivity contribution in [2.24, 2.45) is 21.8 Å². The smallest absolute Gasteiger partial charge is 0.346 e. The van der Waals surface area contributed by atoms with E-state index in [9.17, 15) is 24.2 Å². The number of anilines is 1. The van der Waals surface area contributed by atoms with Crippen LogP contribution >= 0.6 is 7.52 Å². The third-order valence-electron chi connectivity index (χ3n) is 5.46. The number of nitrogens with one attached hydrogen (secondary N) is 1. The van der Waals surface area contributed by atoms with Gasteiger partial charge in [0.1, 0.15) is 17.1 Å². The van der Waals surface area contributed by atoms with Gasteiger partial charge in [-0.15, -0.1) is 0 Å². The second-order valence-electron chi connectivity index (χ2n) is 9.76. The van der Waals surface area contributed by atoms with Crippen molar-refractivity contribution in [3.05, 3.63) is 29.5 Å². The first kappa shape index (κ1) is 24.8. The van der Waals surface area contributed by atoms with Gasteiger partial charge in [-0.3, -0.25) is 14.2 Å². The van der Waals surface area contributed by atoms with Crippen molar-refractivity contribution in [2.45, 2.75) is 47.1 Å². The summed E-state index contributed by atoms with van der Waals surface area (Å²) < 4.78 is 22.2. The van der Waals surface area contributed by atoms with E-state index in [0.29, 0.717) is 12.5 Å². The molecule has 180 valence electrons. The summed E-state index contributed by atoms with van der Waals surface area (Å²) in [4.78, 5) is 36.6. The monoisotopic (exact) mass is 478 g/mol. The van der Waals surface area contributed by atoms with Crippen LogP contribution in [-0.4, -0.2) is 51.7 Å². The minimum Gasteiger partial charge on any atom is -0.509 e. The Morgan fingerprint density at radius 3 is 2.61 bits per heavy atom. The molecule has 2 aliphatic heterocycles. The minimum atomic E-state index is -4.31. The zero-order valence-corrected chi connectivity index (χ0v) is 20.3. The van der Waals surface area contributed by atoms with Crippen LogP contribution in [0.4, 0.5) is 5.69 Å². The molecule has 3 rings (SSSR count). The van der Waals surface area contributed by atoms with Crippen LogP contribution in [0.15, 0.2) is 34.3 Å². The molecule has 0 aliphatic carbocycles. The van der Waals surface area contributed by atoms with Crippen LogP contribution in [0.1, 0.15) is 41.0 Å². The molecule has 2 atom stereocenters. The largest absolute Gasteiger partial charge is 0.509 e. The molecule has 0 saturated carbocycles. The molecule has 5 N–H and O–H groups in total. The van der Waals surface area contributed by atoms with Crippen molar-refractivity contribution < 1.29 is 28.9 Å². The highest BCUT2D eigenvalue weighted by Gasteiger charge is 2.48. The van der Waals surface area contributed by atoms with Crippen LogP contribution in [0.25, 0.3) is 0 Å². The fourth-order valence-electron chi connectivity index (χ4n) is 3.94. The number of carbonyl (C=O) groups excluding carboxylic acids is 2. The molecule has 0 bridgehead atoms. The van der Waals surface area contributed by atoms with E-state index in [1.165, 1.54) is 18.2 Å². The van der Waals surface area contributed by atoms with Crippen molar-refractivity contribution in [3.63, 3.8) is 0 Å². The summed E-state index contributed by atoms with van der Waals surface area (Å²) in [5, 5.41) is 14.0. The fraction of sp³-hybridized carbons (Fsp3) is 0.500. The number of benzene rings is 1. The number of nitrogens with two attached hydrogens (primary N) is 1. The lowest BCUT2D eigenvalue weighted by Crippen LogP contribution is -2.44. The van der Waals surface area contributed by atoms with Crippen LogP contribution in [0, 0.1) is 11.3 Å². The number of primary amides is 1. The number of hydrogen-bond donors (Lipinski definition) is 4. The highest BCUT2D eigenvalue weighted by molar-refractivity contribution is 7.65. The number of aliphatic hydroxyl groups is 1. The number of amidine groups is 1. The lowest BCUT2D eigenvalue weighted by atomic mass is 9.85. The molecule has 2 amide bonds. The second-order valence-corrected chi connectivity index (χ2v) is 11.5. The summed E-state index contributed by atoms with van der Waals surface area (Å²) >= 11 is 0. The Labute approximate surface area is 193 Å². The SMILES string of the molecule is CC(C)CCN1C(=O)C(C2=NP(=O)(O)c3cc(OCC(N)=O)ccc3N2)=C(O)C1C(C)(C)C. The molecule has 10 nitrogen and oxygen atoms in total. The van der Waals surface area contributed by atoms with Crippen molar-refractivity contribution in [3.8, 4) is 5.75 Å². The first-order chi connectivity index (χ1) is 15.2. The van der Waals surface area contributed by atoms with Gasteiger partial charge < -0.3 is 30.7 Å². The van der Waals surface area contributed by atoms with Gasteiger partial charge in [-0.25, -0.2) is 0 Å². The Kier molecular flexibility index (Phi) is 6.64. The van der Waals surface area contributed by atoms with Crippen molar-refractivity contribution >= 4 is 36.2 Å². The predicted octanol–water partition coefficient (Wildman–Crippen LogP) is 2.30. The predicted molar refractivity (Wildman–Crippen MR) is 126 cm³/mol. The van der Waals surface area contributed by atoms with E-state index in [1.807, 2.05) is 34.6 Å². The number of nitrogens with zero attached hydrogens (tertiary/aromatic N) is 2. The molecule has 11 heteroatoms. The number of rotatable bonds is 7. The Hall–Kier alpha value is -2.84. The third-order valence-corrected chi connectivity index (χ3v) is 6.93. The van der Waals surface area contributed by atoms with E-state index in [-0.39, 0.29) is 40.5 Å². The molecule has 0 radical (unpaired) electrons. The van der Waals surface area contributed by atoms with Crippen molar-refractivity contribution in [1.29, 1.82) is 0 Å². The minimum absolute atomic E-state index is 0.0391. The Balaban J connectivity index is 1.99. The highest BCUT2D eigenvalue weighted by atomic mass is 31.2. The normalized spacial score (nSPS) is 22.9. The van der Waals surface area contributed by atoms with E-state index in [4.69, 9.17) is 10.5 Å². The Morgan fingerprint density at radius 1 is 1.36 bits per heavy atom. The first-order valence-electron chi connectivity index (χ1n) is 10.7. The van der Waals surface area contributed by atoms with Crippen molar-refractivity contribution in [1.82, 2.24) is 4.90 Å². The maximum absolute atomic E-state index is 13.4. The van der Waals surface area contributed by atoms with Crippen LogP contribution in [-0.2, 0) is 14.2 Å². The summed E-state index contributed by atoms with van der Waals surface area (Å²) in [6.45, 7) is 9.91. The van der Waals surface area contributed by atoms with Gasteiger partial charge in [0, 0.05) is 6.54 Å². The summed E-state index contributed by atoms with van der Waals surface area (Å²) in [6, 6.07) is 3.68. The first-order valence-corrected chi connectivity index (χ1v) is 12.3. The summed E-state index contributed by atoms with van der Waals surface area (Å²) in [5.74, 6) is -0.922. The van der Waals surface area contributed by atoms with Crippen LogP contribution < -0.4 is 21.1 Å². The third kappa shape index (κ3) is 5.07. The molecule has 2 unspecified atom stereocenters. The van der Waals surface area contributed by atoms with E-state index in [1.54, 1.807) is 4.90 Å². The Morgan fingerprint density at radius 2 is 2.03 bits per heavy atom. The van der Waals surface area contributed by atoms with Gasteiger partial charge in [0.05, 0.1) is 17.0 Å². The van der Waals surface area contributed by atoms with Gasteiger partial charge in [-0.1, -0.05) is 34.6 Å². The summed E-state index contributed by atoms with van der Waals surface area (Å²) in [6.07, 6.45) is 0.744. The van der Waals surface area contributed by atoms with E-state index in [2.05, 4.69) is 10.1 Å². The van der Waals surface area contributed by atoms with Crippen LogP contribution in [0.3, 0.4) is 0 Å². The molecule has 0 spiro atoms. The zero-order valence-electron chi connectivity index (χ0n) is 19.5. The summed E-state index contributed by atoms with van der Waals surface area (Å²) in [7, 11) is -4.31. The molecule has 0 aromatic heterocycles. The number of fused-ring (bicyclic) bond motifs is 1. The number of amides is 2. The standard InChI is InChI=1S/C22H31N4O6P/c1-12(2)8-9-26-19(22(3,4)5)18(28)17(21(26)29)20-24-14-7-6-13(32-11-16(23)27)10-15(14)33(30,31)25-20/h6-7,10,12,19,28H,8-9,11H2,1-5H3,(H2,23,27)(H2,24,25,30,31). The second kappa shape index (κ2) is 8.83. The zero-order chi connectivity index (χ0) is 24.7. The topological polar surface area (TPSA) is 155 Å². The van der Waals surface area contributed by atoms with Gasteiger partial charge in [0.25, 0.3) is 11.8 Å². The molecular weight excluding hydrogens is 447 g/mol. The molecule has 2 aliphatic rings. The molecular formula is C22H31N4O6P. The van der Waals surface area contributed by atoms with Gasteiger partial charge in [-0.05, 0) is 36.0 Å². The molecule has 0 saturated heterocycles. The summed E-state index contributed by atoms with van der Waals surface area (Å²) in [5.41, 5.74) is 4.74. The lowest BCUT2D eigenvalue weighted by molar-refractivity contribution is -0.128. The van der Waals surface area contributed by atoms with Crippen LogP contribution in [0.2, 0.25) is 0 Å². The van der Waals surface area contributed by atoms with Gasteiger partial charge in [0.15, 0.2) is 12.4 Å². The number of ether oxygens (including phenoxy) is 1. The van der Waals surface area contributed by atoms with E-state index in [0.717, 1.165) is 6.42 Å². The number of carbonyl (C=O) groups is 2. The average molecular weight is 478 g/mol. The molecule has 1 aromatic carbocycles. The van der Waals surface area contributed by atoms with Crippen molar-refractivity contribution in [2.75, 3.05) is 18.5 Å². The molecule has 2 heterocycles. The van der Waals surface area contributed by atoms with Gasteiger partial charge >= 0.3 is 7.52 Å². The van der Waals surface area contributed by atoms with E-state index < -0.39 is 30.8 Å². The fourth-order valence-corrected chi connectivity index (χ4v) is 5.21.